The molecule has 2 heterocycles. The number of ether oxygens (including phenoxy) is 1. The largest absolute Gasteiger partial charge is 0.535 e. The van der Waals surface area contributed by atoms with Crippen molar-refractivity contribution in [3.63, 3.8) is 0 Å². The van der Waals surface area contributed by atoms with Gasteiger partial charge in [-0.25, -0.2) is 4.79 Å². The first kappa shape index (κ1) is 21.2. The number of carboxylic acids is 1. The highest BCUT2D eigenvalue weighted by molar-refractivity contribution is 6.44. The summed E-state index contributed by atoms with van der Waals surface area (Å²) in [5.41, 5.74) is 0.607. The van der Waals surface area contributed by atoms with Crippen molar-refractivity contribution < 1.29 is 33.9 Å². The van der Waals surface area contributed by atoms with E-state index in [1.54, 1.807) is 24.0 Å². The second kappa shape index (κ2) is 8.45. The van der Waals surface area contributed by atoms with E-state index < -0.39 is 13.1 Å². The fraction of sp³-hybridized carbons (Fsp3) is 0.550. The Bertz CT molecular complexity index is 819. The zero-order valence-electron chi connectivity index (χ0n) is 16.9. The van der Waals surface area contributed by atoms with Gasteiger partial charge in [0.2, 0.25) is 5.91 Å². The molecule has 1 fully saturated rings. The molecule has 1 atom stereocenters. The van der Waals surface area contributed by atoms with Crippen LogP contribution >= 0.6 is 0 Å². The molecule has 29 heavy (non-hydrogen) atoms. The predicted octanol–water partition coefficient (Wildman–Crippen LogP) is 1.64. The summed E-state index contributed by atoms with van der Waals surface area (Å²) in [4.78, 5) is 37.7. The van der Waals surface area contributed by atoms with Gasteiger partial charge in [-0.2, -0.15) is 0 Å². The zero-order chi connectivity index (χ0) is 21.3. The van der Waals surface area contributed by atoms with Crippen LogP contribution in [0.15, 0.2) is 12.1 Å². The number of rotatable bonds is 7. The number of carbonyl (C=O) groups excluding carboxylic acids is 2. The summed E-state index contributed by atoms with van der Waals surface area (Å²) in [5, 5.41) is 19.3. The maximum Gasteiger partial charge on any atom is 0.522 e. The summed E-state index contributed by atoms with van der Waals surface area (Å²) in [6.07, 6.45) is 0.808. The number of carbonyl (C=O) groups is 3. The first-order chi connectivity index (χ1) is 13.7. The van der Waals surface area contributed by atoms with Gasteiger partial charge in [-0.3, -0.25) is 9.59 Å². The van der Waals surface area contributed by atoms with Gasteiger partial charge >= 0.3 is 13.1 Å². The number of hydrogen-bond donors (Lipinski definition) is 2. The molecule has 0 aromatic heterocycles. The lowest BCUT2D eigenvalue weighted by Crippen LogP contribution is -2.57. The van der Waals surface area contributed by atoms with E-state index in [-0.39, 0.29) is 53.1 Å². The number of likely N-dealkylation sites (tertiary alicyclic amines) is 1. The van der Waals surface area contributed by atoms with Crippen LogP contribution in [0.3, 0.4) is 0 Å². The lowest BCUT2D eigenvalue weighted by atomic mass is 9.78. The van der Waals surface area contributed by atoms with Crippen molar-refractivity contribution in [3.8, 4) is 11.5 Å². The molecule has 1 aromatic rings. The molecular formula is C20H26BNO7. The standard InChI is InChI=1S/C20H26BNO7/c1-11(2)15(23)8-12(3)19(24)22-9-14(10-22)28-16-5-4-13-6-7-21(27)29-18(13)17(16)20(25)26/h4-5,11-12,14,27H,6-10H2,1-3H3,(H,25,26)/t12-/m0/s1. The quantitative estimate of drug-likeness (QED) is 0.666. The lowest BCUT2D eigenvalue weighted by Gasteiger charge is -2.40. The highest BCUT2D eigenvalue weighted by Crippen LogP contribution is 2.37. The fourth-order valence-corrected chi connectivity index (χ4v) is 3.52. The topological polar surface area (TPSA) is 113 Å². The van der Waals surface area contributed by atoms with Crippen molar-refractivity contribution in [2.45, 2.75) is 46.0 Å². The molecule has 156 valence electrons. The second-order valence-electron chi connectivity index (χ2n) is 8.05. The van der Waals surface area contributed by atoms with Crippen LogP contribution < -0.4 is 9.39 Å². The van der Waals surface area contributed by atoms with E-state index in [1.807, 2.05) is 13.8 Å². The summed E-state index contributed by atoms with van der Waals surface area (Å²) in [6, 6.07) is 3.34. The maximum absolute atomic E-state index is 12.5. The maximum atomic E-state index is 12.5. The van der Waals surface area contributed by atoms with Crippen LogP contribution in [0.5, 0.6) is 11.5 Å². The summed E-state index contributed by atoms with van der Waals surface area (Å²) < 4.78 is 11.2. The normalized spacial score (nSPS) is 17.3. The van der Waals surface area contributed by atoms with Gasteiger partial charge in [-0.15, -0.1) is 0 Å². The third-order valence-electron chi connectivity index (χ3n) is 5.36. The number of benzene rings is 1. The number of Topliss-reactive ketones (excluding diaryl/α,β-unsaturated/α-hetero) is 1. The van der Waals surface area contributed by atoms with Crippen molar-refractivity contribution in [3.05, 3.63) is 23.3 Å². The lowest BCUT2D eigenvalue weighted by molar-refractivity contribution is -0.145. The van der Waals surface area contributed by atoms with Crippen molar-refractivity contribution >= 4 is 24.8 Å². The molecule has 0 unspecified atom stereocenters. The summed E-state index contributed by atoms with van der Waals surface area (Å²) in [6.45, 7) is 6.03. The Morgan fingerprint density at radius 2 is 1.97 bits per heavy atom. The highest BCUT2D eigenvalue weighted by atomic mass is 16.5. The van der Waals surface area contributed by atoms with E-state index in [2.05, 4.69) is 0 Å². The Balaban J connectivity index is 1.63. The van der Waals surface area contributed by atoms with Crippen molar-refractivity contribution in [1.29, 1.82) is 0 Å². The number of nitrogens with zero attached hydrogens (tertiary/aromatic N) is 1. The molecular weight excluding hydrogens is 377 g/mol. The molecule has 3 rings (SSSR count). The van der Waals surface area contributed by atoms with Crippen LogP contribution in [-0.2, 0) is 16.0 Å². The van der Waals surface area contributed by atoms with Gasteiger partial charge in [0, 0.05) is 18.3 Å². The number of carboxylic acid groups (broad SMARTS) is 1. The molecule has 8 nitrogen and oxygen atoms in total. The monoisotopic (exact) mass is 403 g/mol. The minimum atomic E-state index is -1.20. The van der Waals surface area contributed by atoms with Gasteiger partial charge in [0.25, 0.3) is 0 Å². The minimum absolute atomic E-state index is 0.0570. The molecule has 1 aromatic carbocycles. The second-order valence-corrected chi connectivity index (χ2v) is 8.05. The summed E-state index contributed by atoms with van der Waals surface area (Å²) in [7, 11) is -1.04. The van der Waals surface area contributed by atoms with Crippen LogP contribution in [0.2, 0.25) is 6.32 Å². The average molecular weight is 403 g/mol. The highest BCUT2D eigenvalue weighted by Gasteiger charge is 2.37. The van der Waals surface area contributed by atoms with Crippen LogP contribution in [0, 0.1) is 11.8 Å². The number of aromatic carboxylic acids is 1. The first-order valence-electron chi connectivity index (χ1n) is 9.89. The van der Waals surface area contributed by atoms with E-state index in [1.165, 1.54) is 0 Å². The Morgan fingerprint density at radius 3 is 2.59 bits per heavy atom. The third-order valence-corrected chi connectivity index (χ3v) is 5.36. The zero-order valence-corrected chi connectivity index (χ0v) is 16.9. The van der Waals surface area contributed by atoms with Gasteiger partial charge < -0.3 is 24.4 Å². The van der Waals surface area contributed by atoms with Crippen LogP contribution in [0.1, 0.15) is 43.1 Å². The van der Waals surface area contributed by atoms with Crippen LogP contribution in [0.25, 0.3) is 0 Å². The van der Waals surface area contributed by atoms with E-state index in [4.69, 9.17) is 9.39 Å². The minimum Gasteiger partial charge on any atom is -0.535 e. The number of amides is 1. The van der Waals surface area contributed by atoms with E-state index in [0.717, 1.165) is 0 Å². The average Bonchev–Trinajstić information content (AvgIpc) is 2.62. The van der Waals surface area contributed by atoms with Crippen molar-refractivity contribution in [2.75, 3.05) is 13.1 Å². The molecule has 2 aliphatic heterocycles. The molecule has 0 bridgehead atoms. The van der Waals surface area contributed by atoms with Gasteiger partial charge in [0.1, 0.15) is 28.9 Å². The van der Waals surface area contributed by atoms with Crippen molar-refractivity contribution in [2.24, 2.45) is 11.8 Å². The molecule has 1 amide bonds. The number of hydrogen-bond acceptors (Lipinski definition) is 6. The van der Waals surface area contributed by atoms with Crippen LogP contribution in [-0.4, -0.2) is 59.0 Å². The van der Waals surface area contributed by atoms with Gasteiger partial charge in [0.05, 0.1) is 13.1 Å². The molecule has 0 aliphatic carbocycles. The van der Waals surface area contributed by atoms with Crippen LogP contribution in [0.4, 0.5) is 0 Å². The first-order valence-corrected chi connectivity index (χ1v) is 9.89. The van der Waals surface area contributed by atoms with Gasteiger partial charge in [0.15, 0.2) is 0 Å². The Hall–Kier alpha value is -2.55. The van der Waals surface area contributed by atoms with Gasteiger partial charge in [-0.05, 0) is 24.4 Å². The molecule has 0 saturated carbocycles. The third kappa shape index (κ3) is 4.55. The molecule has 0 radical (unpaired) electrons. The molecule has 1 saturated heterocycles. The summed E-state index contributed by atoms with van der Waals surface area (Å²) >= 11 is 0. The van der Waals surface area contributed by atoms with Gasteiger partial charge in [-0.1, -0.05) is 26.8 Å². The molecule has 2 N–H and O–H groups in total. The van der Waals surface area contributed by atoms with Crippen molar-refractivity contribution in [1.82, 2.24) is 4.90 Å². The SMILES string of the molecule is CC(C)C(=O)C[C@H](C)C(=O)N1CC(Oc2ccc3c(c2C(=O)O)OB(O)CC3)C1. The number of ketones is 1. The molecule has 2 aliphatic rings. The fourth-order valence-electron chi connectivity index (χ4n) is 3.52. The summed E-state index contributed by atoms with van der Waals surface area (Å²) in [5.74, 6) is -1.43. The smallest absolute Gasteiger partial charge is 0.522 e. The number of aryl methyl sites for hydroxylation is 1. The molecule has 0 spiro atoms. The Labute approximate surface area is 169 Å². The molecule has 9 heteroatoms. The van der Waals surface area contributed by atoms with E-state index in [9.17, 15) is 24.5 Å². The predicted molar refractivity (Wildman–Crippen MR) is 105 cm³/mol. The van der Waals surface area contributed by atoms with E-state index >= 15 is 0 Å². The number of fused-ring (bicyclic) bond motifs is 1. The van der Waals surface area contributed by atoms with E-state index in [0.29, 0.717) is 31.4 Å². The Kier molecular flexibility index (Phi) is 6.17. The Morgan fingerprint density at radius 1 is 1.28 bits per heavy atom.